The molecule has 0 spiro atoms. The predicted octanol–water partition coefficient (Wildman–Crippen LogP) is -12.8. The van der Waals surface area contributed by atoms with Crippen molar-refractivity contribution in [2.24, 2.45) is 0 Å². The van der Waals surface area contributed by atoms with E-state index in [0.29, 0.717) is 0 Å². The van der Waals surface area contributed by atoms with Gasteiger partial charge in [0.05, 0.1) is 39.6 Å². The van der Waals surface area contributed by atoms with Crippen LogP contribution in [-0.2, 0) is 61.6 Å². The Morgan fingerprint density at radius 1 is 0.290 bits per heavy atom. The van der Waals surface area contributed by atoms with Gasteiger partial charge in [-0.25, -0.2) is 0 Å². The van der Waals surface area contributed by atoms with E-state index in [1.807, 2.05) is 0 Å². The highest BCUT2D eigenvalue weighted by atomic mass is 16.8. The van der Waals surface area contributed by atoms with Crippen molar-refractivity contribution in [2.75, 3.05) is 53.9 Å². The van der Waals surface area contributed by atoms with Crippen LogP contribution in [-0.4, -0.2) is 330 Å². The molecule has 12 unspecified atom stereocenters. The van der Waals surface area contributed by atoms with Crippen molar-refractivity contribution in [3.05, 3.63) is 0 Å². The van der Waals surface area contributed by atoms with Crippen molar-refractivity contribution in [1.29, 1.82) is 0 Å². The van der Waals surface area contributed by atoms with Crippen LogP contribution in [0.4, 0.5) is 0 Å². The zero-order valence-corrected chi connectivity index (χ0v) is 36.9. The lowest BCUT2D eigenvalue weighted by atomic mass is 9.95. The zero-order valence-electron chi connectivity index (χ0n) is 36.9. The van der Waals surface area contributed by atoms with Gasteiger partial charge in [-0.05, 0) is 0 Å². The second-order valence-corrected chi connectivity index (χ2v) is 17.2. The Balaban J connectivity index is 1.20. The van der Waals surface area contributed by atoms with E-state index in [4.69, 9.17) is 61.6 Å². The summed E-state index contributed by atoms with van der Waals surface area (Å²) in [6.07, 6.45) is -54.3. The van der Waals surface area contributed by atoms with Crippen LogP contribution in [0.25, 0.3) is 0 Å². The molecule has 6 heterocycles. The van der Waals surface area contributed by atoms with Gasteiger partial charge in [-0.1, -0.05) is 0 Å². The third-order valence-corrected chi connectivity index (χ3v) is 12.9. The Bertz CT molecular complexity index is 1530. The third kappa shape index (κ3) is 11.8. The maximum absolute atomic E-state index is 11.6. The van der Waals surface area contributed by atoms with Crippen molar-refractivity contribution in [2.45, 2.75) is 184 Å². The van der Waals surface area contributed by atoms with Gasteiger partial charge in [0.25, 0.3) is 0 Å². The first-order chi connectivity index (χ1) is 32.8. The van der Waals surface area contributed by atoms with Gasteiger partial charge in [0.15, 0.2) is 37.7 Å². The maximum atomic E-state index is 11.6. The van der Waals surface area contributed by atoms with Gasteiger partial charge in [0.1, 0.15) is 146 Å². The SMILES string of the molecule is CO[C@H]1C(CO)O[C@@H](O[C@H]2C(CO)O[C@@H](OCC3O[C@@H](O[C@H]4C(CO)O[C@@H](O)C(O)[C@H]4O)C(O)[C@@H](O)[C@H]3O[C@@H]3OC(CO)[C@H](O[C@@H]4OC(CO)[C@H](OC)[C@H](O)C4O)[C@H](O)C3O)C(O)[C@H]2O)C(O)[C@H]1O. The first kappa shape index (κ1) is 57.0. The molecule has 31 heteroatoms. The molecule has 30 atom stereocenters. The van der Waals surface area contributed by atoms with Crippen LogP contribution in [0.1, 0.15) is 0 Å². The van der Waals surface area contributed by atoms with Gasteiger partial charge in [0.2, 0.25) is 0 Å². The van der Waals surface area contributed by atoms with Gasteiger partial charge in [-0.15, -0.1) is 0 Å². The van der Waals surface area contributed by atoms with Crippen LogP contribution < -0.4 is 0 Å². The summed E-state index contributed by atoms with van der Waals surface area (Å²) in [5.74, 6) is 0. The first-order valence-corrected chi connectivity index (χ1v) is 21.9. The number of ether oxygens (including phenoxy) is 13. The summed E-state index contributed by atoms with van der Waals surface area (Å²) in [5, 5.41) is 191. The van der Waals surface area contributed by atoms with Crippen LogP contribution in [0.5, 0.6) is 0 Å². The lowest BCUT2D eigenvalue weighted by Crippen LogP contribution is -2.68. The molecule has 0 saturated carbocycles. The molecule has 0 aromatic carbocycles. The molecular formula is C38H66O31. The average Bonchev–Trinajstić information content (AvgIpc) is 3.34. The summed E-state index contributed by atoms with van der Waals surface area (Å²) in [6.45, 7) is -5.22. The molecule has 0 aliphatic carbocycles. The molecule has 0 bridgehead atoms. The van der Waals surface area contributed by atoms with E-state index >= 15 is 0 Å². The second-order valence-electron chi connectivity index (χ2n) is 17.2. The average molecular weight is 1020 g/mol. The molecule has 18 N–H and O–H groups in total. The third-order valence-electron chi connectivity index (χ3n) is 12.9. The van der Waals surface area contributed by atoms with Crippen LogP contribution in [0.2, 0.25) is 0 Å². The summed E-state index contributed by atoms with van der Waals surface area (Å²) in [5.41, 5.74) is 0. The quantitative estimate of drug-likeness (QED) is 0.0606. The fraction of sp³-hybridized carbons (Fsp3) is 1.00. The smallest absolute Gasteiger partial charge is 0.187 e. The molecule has 31 nitrogen and oxygen atoms in total. The zero-order chi connectivity index (χ0) is 50.8. The molecular weight excluding hydrogens is 952 g/mol. The molecule has 0 amide bonds. The fourth-order valence-corrected chi connectivity index (χ4v) is 8.97. The Morgan fingerprint density at radius 2 is 0.536 bits per heavy atom. The summed E-state index contributed by atoms with van der Waals surface area (Å²) in [4.78, 5) is 0. The molecule has 69 heavy (non-hydrogen) atoms. The van der Waals surface area contributed by atoms with E-state index in [1.165, 1.54) is 14.2 Å². The fourth-order valence-electron chi connectivity index (χ4n) is 8.97. The number of methoxy groups -OCH3 is 2. The standard InChI is InChI=1S/C38H66O31/c1-57-27-9(3-39)62-35(23(52)16(27)45)67-30-12(6-42)61-34(22(51)18(30)47)59-8-14-32(20(49)26(55)38(65-14)66-29-11(5-41)60-33(56)21(50)15(29)44)69-37-25(54)19(48)31(13(7-43)64-37)68-36-24(53)17(46)28(58-2)10(4-40)63-36/h9-56H,3-8H2,1-2H3/t9?,10?,11?,12?,13?,14?,15-,16-,17-,18-,19-,20-,21?,22?,23?,24?,25?,26?,27+,28+,29+,30+,31+,32+,33-,34-,35+,36+,37+,38+/m1/s1. The van der Waals surface area contributed by atoms with Crippen molar-refractivity contribution >= 4 is 0 Å². The molecule has 6 saturated heterocycles. The van der Waals surface area contributed by atoms with Gasteiger partial charge < -0.3 is 153 Å². The lowest BCUT2D eigenvalue weighted by Gasteiger charge is -2.49. The van der Waals surface area contributed by atoms with E-state index in [1.54, 1.807) is 0 Å². The Labute approximate surface area is 391 Å². The summed E-state index contributed by atoms with van der Waals surface area (Å²) in [7, 11) is 2.37. The Hall–Kier alpha value is -1.24. The first-order valence-electron chi connectivity index (χ1n) is 21.9. The molecule has 0 aromatic rings. The minimum Gasteiger partial charge on any atom is -0.394 e. The highest BCUT2D eigenvalue weighted by molar-refractivity contribution is 4.99. The lowest BCUT2D eigenvalue weighted by molar-refractivity contribution is -0.393. The summed E-state index contributed by atoms with van der Waals surface area (Å²) in [6, 6.07) is 0. The van der Waals surface area contributed by atoms with E-state index < -0.39 is 224 Å². The van der Waals surface area contributed by atoms with Gasteiger partial charge >= 0.3 is 0 Å². The molecule has 6 aliphatic heterocycles. The van der Waals surface area contributed by atoms with Gasteiger partial charge in [-0.3, -0.25) is 0 Å². The van der Waals surface area contributed by atoms with Crippen molar-refractivity contribution in [3.8, 4) is 0 Å². The van der Waals surface area contributed by atoms with Crippen LogP contribution in [0.3, 0.4) is 0 Å². The number of aliphatic hydroxyl groups is 18. The van der Waals surface area contributed by atoms with Crippen molar-refractivity contribution in [1.82, 2.24) is 0 Å². The van der Waals surface area contributed by atoms with E-state index in [-0.39, 0.29) is 0 Å². The predicted molar refractivity (Wildman–Crippen MR) is 209 cm³/mol. The molecule has 404 valence electrons. The Kier molecular flexibility index (Phi) is 20.6. The highest BCUT2D eigenvalue weighted by Crippen LogP contribution is 2.36. The second kappa shape index (κ2) is 24.9. The normalized spacial score (nSPS) is 52.2. The molecule has 0 aromatic heterocycles. The topological polar surface area (TPSA) is 484 Å². The molecule has 6 aliphatic rings. The Morgan fingerprint density at radius 3 is 0.870 bits per heavy atom. The van der Waals surface area contributed by atoms with E-state index in [0.717, 1.165) is 0 Å². The van der Waals surface area contributed by atoms with Gasteiger partial charge in [0, 0.05) is 14.2 Å². The largest absolute Gasteiger partial charge is 0.394 e. The summed E-state index contributed by atoms with van der Waals surface area (Å²) >= 11 is 0. The van der Waals surface area contributed by atoms with Crippen LogP contribution in [0, 0.1) is 0 Å². The maximum Gasteiger partial charge on any atom is 0.187 e. The van der Waals surface area contributed by atoms with E-state index in [2.05, 4.69) is 0 Å². The number of hydrogen-bond donors (Lipinski definition) is 18. The van der Waals surface area contributed by atoms with Crippen LogP contribution >= 0.6 is 0 Å². The number of hydrogen-bond acceptors (Lipinski definition) is 31. The summed E-state index contributed by atoms with van der Waals surface area (Å²) < 4.78 is 72.2. The molecule has 0 radical (unpaired) electrons. The molecule has 6 rings (SSSR count). The highest BCUT2D eigenvalue weighted by Gasteiger charge is 2.57. The van der Waals surface area contributed by atoms with Crippen LogP contribution in [0.15, 0.2) is 0 Å². The van der Waals surface area contributed by atoms with Crippen molar-refractivity contribution in [3.63, 3.8) is 0 Å². The molecule has 6 fully saturated rings. The van der Waals surface area contributed by atoms with Crippen molar-refractivity contribution < 1.29 is 153 Å². The van der Waals surface area contributed by atoms with Gasteiger partial charge in [-0.2, -0.15) is 0 Å². The minimum atomic E-state index is -2.21. The monoisotopic (exact) mass is 1020 g/mol. The van der Waals surface area contributed by atoms with E-state index in [9.17, 15) is 91.9 Å². The number of rotatable bonds is 18. The minimum absolute atomic E-state index is 0.708. The number of aliphatic hydroxyl groups excluding tert-OH is 18.